The Balaban J connectivity index is 2.46. The fourth-order valence-electron chi connectivity index (χ4n) is 2.21. The van der Waals surface area contributed by atoms with Gasteiger partial charge in [-0.1, -0.05) is 44.2 Å². The van der Waals surface area contributed by atoms with Crippen LogP contribution in [0.15, 0.2) is 30.3 Å². The molecule has 1 amide bonds. The van der Waals surface area contributed by atoms with Crippen molar-refractivity contribution in [3.63, 3.8) is 0 Å². The standard InChI is InChI=1S/C17H28N2O/c1-13(2)12-15(18)16(20)19-17(3,4)11-10-14-8-6-5-7-9-14/h5-9,13,15H,10-12,18H2,1-4H3,(H,19,20)/t15-/m0/s1. The van der Waals surface area contributed by atoms with Gasteiger partial charge in [0.15, 0.2) is 0 Å². The van der Waals surface area contributed by atoms with Gasteiger partial charge in [-0.15, -0.1) is 0 Å². The van der Waals surface area contributed by atoms with Crippen LogP contribution in [0, 0.1) is 5.92 Å². The molecule has 3 nitrogen and oxygen atoms in total. The maximum absolute atomic E-state index is 12.1. The van der Waals surface area contributed by atoms with E-state index in [4.69, 9.17) is 5.73 Å². The van der Waals surface area contributed by atoms with Gasteiger partial charge in [0, 0.05) is 5.54 Å². The average molecular weight is 276 g/mol. The number of hydrogen-bond donors (Lipinski definition) is 2. The summed E-state index contributed by atoms with van der Waals surface area (Å²) in [6, 6.07) is 9.91. The van der Waals surface area contributed by atoms with Crippen molar-refractivity contribution in [1.82, 2.24) is 5.32 Å². The van der Waals surface area contributed by atoms with Crippen LogP contribution in [0.1, 0.15) is 46.1 Å². The third-order valence-electron chi connectivity index (χ3n) is 3.41. The first-order valence-electron chi connectivity index (χ1n) is 7.42. The normalized spacial score (nSPS) is 13.3. The Morgan fingerprint density at radius 2 is 1.85 bits per heavy atom. The van der Waals surface area contributed by atoms with Crippen molar-refractivity contribution in [1.29, 1.82) is 0 Å². The summed E-state index contributed by atoms with van der Waals surface area (Å²) in [5.74, 6) is 0.389. The molecule has 112 valence electrons. The highest BCUT2D eigenvalue weighted by molar-refractivity contribution is 5.82. The molecule has 1 aromatic rings. The lowest BCUT2D eigenvalue weighted by atomic mass is 9.94. The van der Waals surface area contributed by atoms with E-state index in [0.717, 1.165) is 19.3 Å². The lowest BCUT2D eigenvalue weighted by Gasteiger charge is -2.28. The highest BCUT2D eigenvalue weighted by Gasteiger charge is 2.24. The monoisotopic (exact) mass is 276 g/mol. The van der Waals surface area contributed by atoms with E-state index in [1.54, 1.807) is 0 Å². The maximum Gasteiger partial charge on any atom is 0.237 e. The number of benzene rings is 1. The third kappa shape index (κ3) is 6.20. The third-order valence-corrected chi connectivity index (χ3v) is 3.41. The number of hydrogen-bond acceptors (Lipinski definition) is 2. The minimum Gasteiger partial charge on any atom is -0.350 e. The zero-order chi connectivity index (χ0) is 15.2. The number of rotatable bonds is 7. The summed E-state index contributed by atoms with van der Waals surface area (Å²) in [5.41, 5.74) is 6.98. The maximum atomic E-state index is 12.1. The molecule has 0 radical (unpaired) electrons. The second-order valence-electron chi connectivity index (χ2n) is 6.59. The molecule has 0 saturated carbocycles. The molecule has 1 atom stereocenters. The van der Waals surface area contributed by atoms with Crippen molar-refractivity contribution in [3.8, 4) is 0 Å². The number of amides is 1. The zero-order valence-corrected chi connectivity index (χ0v) is 13.1. The molecule has 20 heavy (non-hydrogen) atoms. The highest BCUT2D eigenvalue weighted by Crippen LogP contribution is 2.14. The lowest BCUT2D eigenvalue weighted by molar-refractivity contribution is -0.124. The molecule has 0 spiro atoms. The molecular formula is C17H28N2O. The quantitative estimate of drug-likeness (QED) is 0.804. The Hall–Kier alpha value is -1.35. The second kappa shape index (κ2) is 7.44. The molecule has 0 aliphatic carbocycles. The molecule has 0 saturated heterocycles. The summed E-state index contributed by atoms with van der Waals surface area (Å²) in [5, 5.41) is 3.07. The van der Waals surface area contributed by atoms with Crippen LogP contribution >= 0.6 is 0 Å². The summed E-state index contributed by atoms with van der Waals surface area (Å²) in [7, 11) is 0. The summed E-state index contributed by atoms with van der Waals surface area (Å²) in [6.07, 6.45) is 2.57. The van der Waals surface area contributed by atoms with Crippen molar-refractivity contribution >= 4 is 5.91 Å². The van der Waals surface area contributed by atoms with Crippen LogP contribution in [-0.4, -0.2) is 17.5 Å². The summed E-state index contributed by atoms with van der Waals surface area (Å²) >= 11 is 0. The van der Waals surface area contributed by atoms with Gasteiger partial charge in [-0.05, 0) is 44.6 Å². The van der Waals surface area contributed by atoms with Crippen LogP contribution < -0.4 is 11.1 Å². The number of carbonyl (C=O) groups is 1. The van der Waals surface area contributed by atoms with Crippen molar-refractivity contribution < 1.29 is 4.79 Å². The zero-order valence-electron chi connectivity index (χ0n) is 13.1. The predicted molar refractivity (Wildman–Crippen MR) is 84.4 cm³/mol. The van der Waals surface area contributed by atoms with Gasteiger partial charge in [0.05, 0.1) is 6.04 Å². The fourth-order valence-corrected chi connectivity index (χ4v) is 2.21. The van der Waals surface area contributed by atoms with Gasteiger partial charge < -0.3 is 11.1 Å². The van der Waals surface area contributed by atoms with Crippen LogP contribution in [0.4, 0.5) is 0 Å². The molecule has 0 heterocycles. The lowest BCUT2D eigenvalue weighted by Crippen LogP contribution is -2.51. The van der Waals surface area contributed by atoms with Gasteiger partial charge in [0.2, 0.25) is 5.91 Å². The van der Waals surface area contributed by atoms with E-state index in [1.807, 2.05) is 18.2 Å². The first-order chi connectivity index (χ1) is 9.30. The molecule has 0 bridgehead atoms. The summed E-state index contributed by atoms with van der Waals surface area (Å²) < 4.78 is 0. The number of aryl methyl sites for hydroxylation is 1. The fraction of sp³-hybridized carbons (Fsp3) is 0.588. The van der Waals surface area contributed by atoms with Gasteiger partial charge in [-0.25, -0.2) is 0 Å². The predicted octanol–water partition coefficient (Wildman–Crippen LogP) is 2.89. The molecule has 3 heteroatoms. The number of nitrogens with one attached hydrogen (secondary N) is 1. The minimum absolute atomic E-state index is 0.0447. The van der Waals surface area contributed by atoms with Crippen molar-refractivity contribution in [3.05, 3.63) is 35.9 Å². The minimum atomic E-state index is -0.411. The Bertz CT molecular complexity index is 412. The van der Waals surface area contributed by atoms with E-state index in [1.165, 1.54) is 5.56 Å². The molecular weight excluding hydrogens is 248 g/mol. The van der Waals surface area contributed by atoms with Crippen molar-refractivity contribution in [2.75, 3.05) is 0 Å². The van der Waals surface area contributed by atoms with E-state index >= 15 is 0 Å². The smallest absolute Gasteiger partial charge is 0.237 e. The average Bonchev–Trinajstić information content (AvgIpc) is 2.36. The molecule has 1 aromatic carbocycles. The van der Waals surface area contributed by atoms with E-state index < -0.39 is 6.04 Å². The van der Waals surface area contributed by atoms with Gasteiger partial charge >= 0.3 is 0 Å². The first-order valence-corrected chi connectivity index (χ1v) is 7.42. The second-order valence-corrected chi connectivity index (χ2v) is 6.59. The van der Waals surface area contributed by atoms with Crippen LogP contribution in [0.2, 0.25) is 0 Å². The van der Waals surface area contributed by atoms with Crippen LogP contribution in [-0.2, 0) is 11.2 Å². The number of nitrogens with two attached hydrogens (primary N) is 1. The van der Waals surface area contributed by atoms with Gasteiger partial charge in [0.1, 0.15) is 0 Å². The molecule has 0 fully saturated rings. The number of carbonyl (C=O) groups excluding carboxylic acids is 1. The molecule has 0 unspecified atom stereocenters. The molecule has 1 rings (SSSR count). The largest absolute Gasteiger partial charge is 0.350 e. The van der Waals surface area contributed by atoms with Crippen LogP contribution in [0.3, 0.4) is 0 Å². The Kier molecular flexibility index (Phi) is 6.21. The van der Waals surface area contributed by atoms with E-state index in [9.17, 15) is 4.79 Å². The molecule has 3 N–H and O–H groups in total. The summed E-state index contributed by atoms with van der Waals surface area (Å²) in [4.78, 5) is 12.1. The first kappa shape index (κ1) is 16.7. The van der Waals surface area contributed by atoms with Crippen LogP contribution in [0.25, 0.3) is 0 Å². The topological polar surface area (TPSA) is 55.1 Å². The highest BCUT2D eigenvalue weighted by atomic mass is 16.2. The van der Waals surface area contributed by atoms with E-state index in [2.05, 4.69) is 45.1 Å². The van der Waals surface area contributed by atoms with Gasteiger partial charge in [-0.3, -0.25) is 4.79 Å². The Morgan fingerprint density at radius 3 is 2.40 bits per heavy atom. The SMILES string of the molecule is CC(C)C[C@H](N)C(=O)NC(C)(C)CCc1ccccc1. The van der Waals surface area contributed by atoms with E-state index in [-0.39, 0.29) is 11.4 Å². The Morgan fingerprint density at radius 1 is 1.25 bits per heavy atom. The van der Waals surface area contributed by atoms with Gasteiger partial charge in [0.25, 0.3) is 0 Å². The van der Waals surface area contributed by atoms with Crippen molar-refractivity contribution in [2.24, 2.45) is 11.7 Å². The van der Waals surface area contributed by atoms with E-state index in [0.29, 0.717) is 5.92 Å². The Labute approximate surface area is 122 Å². The van der Waals surface area contributed by atoms with Gasteiger partial charge in [-0.2, -0.15) is 0 Å². The molecule has 0 aliphatic heterocycles. The summed E-state index contributed by atoms with van der Waals surface area (Å²) in [6.45, 7) is 8.26. The molecule has 0 aliphatic rings. The molecule has 0 aromatic heterocycles. The van der Waals surface area contributed by atoms with Crippen molar-refractivity contribution in [2.45, 2.75) is 58.5 Å². The van der Waals surface area contributed by atoms with Crippen LogP contribution in [0.5, 0.6) is 0 Å².